The predicted octanol–water partition coefficient (Wildman–Crippen LogP) is 3.39. The molecule has 0 spiro atoms. The average Bonchev–Trinajstić information content (AvgIpc) is 3.07. The molecule has 0 aliphatic heterocycles. The zero-order valence-electron chi connectivity index (χ0n) is 11.1. The van der Waals surface area contributed by atoms with E-state index in [1.165, 1.54) is 11.3 Å². The summed E-state index contributed by atoms with van der Waals surface area (Å²) in [6.45, 7) is 4.01. The summed E-state index contributed by atoms with van der Waals surface area (Å²) in [6, 6.07) is 3.89. The number of nitrogens with one attached hydrogen (secondary N) is 1. The molecule has 0 saturated heterocycles. The molecule has 0 fully saturated rings. The molecule has 2 amide bonds. The first kappa shape index (κ1) is 14.0. The molecule has 102 valence electrons. The minimum Gasteiger partial charge on any atom is -0.320 e. The number of aromatic nitrogens is 2. The number of thiophene rings is 1. The van der Waals surface area contributed by atoms with Gasteiger partial charge in [0.25, 0.3) is 0 Å². The second-order valence-electron chi connectivity index (χ2n) is 4.09. The summed E-state index contributed by atoms with van der Waals surface area (Å²) in [4.78, 5) is 14.9. The third kappa shape index (κ3) is 3.30. The number of hydrogen-bond donors (Lipinski definition) is 1. The molecule has 2 aromatic heterocycles. The standard InChI is InChI=1S/C12H16N4OS2/c1-4-10-14-15-11(19-10)13-12(17)16(3)8(2)9-6-5-7-18-9/h5-8H,4H2,1-3H3,(H,13,15,17). The zero-order valence-corrected chi connectivity index (χ0v) is 12.7. The van der Waals surface area contributed by atoms with E-state index in [2.05, 4.69) is 15.5 Å². The Morgan fingerprint density at radius 1 is 1.53 bits per heavy atom. The maximum atomic E-state index is 12.1. The van der Waals surface area contributed by atoms with Crippen molar-refractivity contribution in [3.05, 3.63) is 27.4 Å². The first-order valence-electron chi connectivity index (χ1n) is 6.01. The lowest BCUT2D eigenvalue weighted by molar-refractivity contribution is 0.209. The van der Waals surface area contributed by atoms with Crippen LogP contribution in [0.3, 0.4) is 0 Å². The van der Waals surface area contributed by atoms with Gasteiger partial charge in [0.15, 0.2) is 0 Å². The molecule has 0 bridgehead atoms. The Labute approximate surface area is 120 Å². The molecule has 2 rings (SSSR count). The molecule has 1 N–H and O–H groups in total. The van der Waals surface area contributed by atoms with Crippen LogP contribution in [0.4, 0.5) is 9.93 Å². The third-order valence-corrected chi connectivity index (χ3v) is 4.86. The molecule has 7 heteroatoms. The third-order valence-electron chi connectivity index (χ3n) is 2.84. The van der Waals surface area contributed by atoms with E-state index in [-0.39, 0.29) is 12.1 Å². The molecule has 0 aliphatic rings. The molecular weight excluding hydrogens is 280 g/mol. The van der Waals surface area contributed by atoms with Gasteiger partial charge in [-0.25, -0.2) is 4.79 Å². The average molecular weight is 296 g/mol. The second kappa shape index (κ2) is 6.12. The molecule has 0 radical (unpaired) electrons. The van der Waals surface area contributed by atoms with Crippen LogP contribution < -0.4 is 5.32 Å². The summed E-state index contributed by atoms with van der Waals surface area (Å²) < 4.78 is 0. The van der Waals surface area contributed by atoms with Crippen molar-refractivity contribution in [1.82, 2.24) is 15.1 Å². The molecule has 0 aromatic carbocycles. The number of carbonyl (C=O) groups is 1. The van der Waals surface area contributed by atoms with Crippen molar-refractivity contribution < 1.29 is 4.79 Å². The highest BCUT2D eigenvalue weighted by molar-refractivity contribution is 7.15. The highest BCUT2D eigenvalue weighted by atomic mass is 32.1. The van der Waals surface area contributed by atoms with Crippen molar-refractivity contribution in [3.8, 4) is 0 Å². The normalized spacial score (nSPS) is 12.2. The molecule has 0 aliphatic carbocycles. The van der Waals surface area contributed by atoms with Gasteiger partial charge < -0.3 is 4.90 Å². The van der Waals surface area contributed by atoms with Crippen LogP contribution in [0.2, 0.25) is 0 Å². The first-order chi connectivity index (χ1) is 9.11. The van der Waals surface area contributed by atoms with Crippen LogP contribution in [0.25, 0.3) is 0 Å². The van der Waals surface area contributed by atoms with Crippen molar-refractivity contribution in [2.24, 2.45) is 0 Å². The van der Waals surface area contributed by atoms with Crippen molar-refractivity contribution >= 4 is 33.8 Å². The Kier molecular flexibility index (Phi) is 4.49. The van der Waals surface area contributed by atoms with Crippen molar-refractivity contribution in [2.45, 2.75) is 26.3 Å². The number of hydrogen-bond acceptors (Lipinski definition) is 5. The van der Waals surface area contributed by atoms with Crippen LogP contribution in [0.1, 0.15) is 29.8 Å². The van der Waals surface area contributed by atoms with E-state index in [9.17, 15) is 4.79 Å². The molecule has 2 aromatic rings. The Balaban J connectivity index is 1.99. The van der Waals surface area contributed by atoms with E-state index in [0.29, 0.717) is 5.13 Å². The van der Waals surface area contributed by atoms with Gasteiger partial charge in [0.1, 0.15) is 5.01 Å². The second-order valence-corrected chi connectivity index (χ2v) is 6.13. The number of nitrogens with zero attached hydrogens (tertiary/aromatic N) is 3. The monoisotopic (exact) mass is 296 g/mol. The highest BCUT2D eigenvalue weighted by Crippen LogP contribution is 2.24. The van der Waals surface area contributed by atoms with E-state index in [1.807, 2.05) is 31.4 Å². The maximum absolute atomic E-state index is 12.1. The molecular formula is C12H16N4OS2. The van der Waals surface area contributed by atoms with E-state index in [1.54, 1.807) is 23.3 Å². The summed E-state index contributed by atoms with van der Waals surface area (Å²) in [5.74, 6) is 0. The summed E-state index contributed by atoms with van der Waals surface area (Å²) in [7, 11) is 1.78. The Morgan fingerprint density at radius 2 is 2.32 bits per heavy atom. The van der Waals surface area contributed by atoms with Crippen molar-refractivity contribution in [2.75, 3.05) is 12.4 Å². The van der Waals surface area contributed by atoms with Gasteiger partial charge in [-0.1, -0.05) is 24.3 Å². The minimum atomic E-state index is -0.167. The number of amides is 2. The van der Waals surface area contributed by atoms with Gasteiger partial charge in [0, 0.05) is 11.9 Å². The lowest BCUT2D eigenvalue weighted by Gasteiger charge is -2.23. The first-order valence-corrected chi connectivity index (χ1v) is 7.71. The fourth-order valence-electron chi connectivity index (χ4n) is 1.52. The zero-order chi connectivity index (χ0) is 13.8. The van der Waals surface area contributed by atoms with Crippen molar-refractivity contribution in [3.63, 3.8) is 0 Å². The van der Waals surface area contributed by atoms with Gasteiger partial charge in [-0.3, -0.25) is 5.32 Å². The van der Waals surface area contributed by atoms with Crippen LogP contribution in [-0.2, 0) is 6.42 Å². The number of rotatable bonds is 4. The number of urea groups is 1. The lowest BCUT2D eigenvalue weighted by Crippen LogP contribution is -2.33. The van der Waals surface area contributed by atoms with Gasteiger partial charge in [-0.05, 0) is 24.8 Å². The lowest BCUT2D eigenvalue weighted by atomic mass is 10.2. The fourth-order valence-corrected chi connectivity index (χ4v) is 3.02. The minimum absolute atomic E-state index is 0.0403. The van der Waals surface area contributed by atoms with E-state index in [0.717, 1.165) is 16.3 Å². The number of carbonyl (C=O) groups excluding carboxylic acids is 1. The van der Waals surface area contributed by atoms with Gasteiger partial charge in [0.05, 0.1) is 6.04 Å². The summed E-state index contributed by atoms with van der Waals surface area (Å²) >= 11 is 3.05. The van der Waals surface area contributed by atoms with Crippen LogP contribution in [0, 0.1) is 0 Å². The van der Waals surface area contributed by atoms with Crippen LogP contribution in [0.15, 0.2) is 17.5 Å². The molecule has 1 unspecified atom stereocenters. The van der Waals surface area contributed by atoms with Crippen LogP contribution in [0.5, 0.6) is 0 Å². The Hall–Kier alpha value is -1.47. The predicted molar refractivity (Wildman–Crippen MR) is 78.8 cm³/mol. The van der Waals surface area contributed by atoms with Gasteiger partial charge in [-0.15, -0.1) is 21.5 Å². The SMILES string of the molecule is CCc1nnc(NC(=O)N(C)C(C)c2cccs2)s1. The number of aryl methyl sites for hydroxylation is 1. The summed E-state index contributed by atoms with van der Waals surface area (Å²) in [5, 5.41) is 14.2. The van der Waals surface area contributed by atoms with Crippen LogP contribution >= 0.6 is 22.7 Å². The summed E-state index contributed by atoms with van der Waals surface area (Å²) in [6.07, 6.45) is 0.828. The van der Waals surface area contributed by atoms with E-state index < -0.39 is 0 Å². The Bertz CT molecular complexity index is 538. The molecule has 5 nitrogen and oxygen atoms in total. The molecule has 0 saturated carbocycles. The smallest absolute Gasteiger partial charge is 0.320 e. The Morgan fingerprint density at radius 3 is 2.89 bits per heavy atom. The molecule has 1 atom stereocenters. The van der Waals surface area contributed by atoms with Crippen LogP contribution in [-0.4, -0.2) is 28.2 Å². The van der Waals surface area contributed by atoms with E-state index >= 15 is 0 Å². The van der Waals surface area contributed by atoms with Gasteiger partial charge >= 0.3 is 6.03 Å². The topological polar surface area (TPSA) is 58.1 Å². The quantitative estimate of drug-likeness (QED) is 0.941. The fraction of sp³-hybridized carbons (Fsp3) is 0.417. The maximum Gasteiger partial charge on any atom is 0.323 e. The molecule has 2 heterocycles. The largest absolute Gasteiger partial charge is 0.323 e. The van der Waals surface area contributed by atoms with E-state index in [4.69, 9.17) is 0 Å². The summed E-state index contributed by atoms with van der Waals surface area (Å²) in [5.41, 5.74) is 0. The highest BCUT2D eigenvalue weighted by Gasteiger charge is 2.19. The van der Waals surface area contributed by atoms with Gasteiger partial charge in [-0.2, -0.15) is 0 Å². The van der Waals surface area contributed by atoms with Gasteiger partial charge in [0.2, 0.25) is 5.13 Å². The van der Waals surface area contributed by atoms with Crippen molar-refractivity contribution in [1.29, 1.82) is 0 Å². The molecule has 19 heavy (non-hydrogen) atoms. The number of anilines is 1.